The predicted octanol–water partition coefficient (Wildman–Crippen LogP) is 2.67. The van der Waals surface area contributed by atoms with Crippen LogP contribution in [0.25, 0.3) is 11.0 Å². The molecule has 0 unspecified atom stereocenters. The van der Waals surface area contributed by atoms with Gasteiger partial charge in [-0.1, -0.05) is 12.1 Å². The topological polar surface area (TPSA) is 39.4 Å². The van der Waals surface area contributed by atoms with Gasteiger partial charge in [-0.25, -0.2) is 9.18 Å². The standard InChI is InChI=1S/C11H9FO3/c1-6-7-4-3-5-8(12)10(7)15-9(6)11(13)14-2/h3-5H,1-2H3. The Kier molecular flexibility index (Phi) is 2.19. The number of fused-ring (bicyclic) bond motifs is 1. The third kappa shape index (κ3) is 1.38. The van der Waals surface area contributed by atoms with E-state index in [1.807, 2.05) is 0 Å². The Labute approximate surface area is 85.4 Å². The van der Waals surface area contributed by atoms with Crippen LogP contribution in [0.3, 0.4) is 0 Å². The van der Waals surface area contributed by atoms with Gasteiger partial charge >= 0.3 is 5.97 Å². The minimum Gasteiger partial charge on any atom is -0.463 e. The van der Waals surface area contributed by atoms with Gasteiger partial charge in [0, 0.05) is 10.9 Å². The molecule has 0 amide bonds. The van der Waals surface area contributed by atoms with Crippen LogP contribution < -0.4 is 0 Å². The van der Waals surface area contributed by atoms with Crippen molar-refractivity contribution in [3.63, 3.8) is 0 Å². The SMILES string of the molecule is COC(=O)c1oc2c(F)cccc2c1C. The van der Waals surface area contributed by atoms with E-state index in [0.29, 0.717) is 10.9 Å². The highest BCUT2D eigenvalue weighted by molar-refractivity contribution is 5.95. The van der Waals surface area contributed by atoms with Gasteiger partial charge in [0.2, 0.25) is 5.76 Å². The molecule has 0 N–H and O–H groups in total. The lowest BCUT2D eigenvalue weighted by molar-refractivity contribution is 0.0566. The number of methoxy groups -OCH3 is 1. The second-order valence-electron chi connectivity index (χ2n) is 3.16. The first kappa shape index (κ1) is 9.71. The van der Waals surface area contributed by atoms with Crippen molar-refractivity contribution < 1.29 is 18.3 Å². The Bertz CT molecular complexity index is 528. The molecule has 0 aliphatic heterocycles. The van der Waals surface area contributed by atoms with E-state index in [4.69, 9.17) is 4.42 Å². The molecule has 0 saturated carbocycles. The van der Waals surface area contributed by atoms with Gasteiger partial charge in [0.1, 0.15) is 0 Å². The summed E-state index contributed by atoms with van der Waals surface area (Å²) in [6, 6.07) is 4.55. The van der Waals surface area contributed by atoms with Gasteiger partial charge in [0.05, 0.1) is 7.11 Å². The highest BCUT2D eigenvalue weighted by Gasteiger charge is 2.19. The number of aryl methyl sites for hydroxylation is 1. The second kappa shape index (κ2) is 3.38. The lowest BCUT2D eigenvalue weighted by Crippen LogP contribution is -2.00. The average Bonchev–Trinajstić information content (AvgIpc) is 2.57. The number of furan rings is 1. The number of carbonyl (C=O) groups is 1. The number of para-hydroxylation sites is 1. The van der Waals surface area contributed by atoms with E-state index in [9.17, 15) is 9.18 Å². The van der Waals surface area contributed by atoms with Crippen molar-refractivity contribution in [3.05, 3.63) is 35.3 Å². The molecule has 1 aromatic carbocycles. The van der Waals surface area contributed by atoms with Gasteiger partial charge in [-0.05, 0) is 13.0 Å². The summed E-state index contributed by atoms with van der Waals surface area (Å²) in [5, 5.41) is 0.593. The minimum atomic E-state index is -0.594. The lowest BCUT2D eigenvalue weighted by atomic mass is 10.1. The molecule has 15 heavy (non-hydrogen) atoms. The molecule has 1 heterocycles. The second-order valence-corrected chi connectivity index (χ2v) is 3.16. The highest BCUT2D eigenvalue weighted by atomic mass is 19.1. The molecule has 0 atom stereocenters. The first-order chi connectivity index (χ1) is 7.15. The fraction of sp³-hybridized carbons (Fsp3) is 0.182. The van der Waals surface area contributed by atoms with Crippen LogP contribution in [-0.4, -0.2) is 13.1 Å². The molecule has 1 aromatic heterocycles. The molecule has 2 aromatic rings. The number of rotatable bonds is 1. The van der Waals surface area contributed by atoms with Crippen molar-refractivity contribution in [1.29, 1.82) is 0 Å². The van der Waals surface area contributed by atoms with E-state index in [1.54, 1.807) is 19.1 Å². The maximum absolute atomic E-state index is 13.3. The maximum atomic E-state index is 13.3. The van der Waals surface area contributed by atoms with E-state index in [-0.39, 0.29) is 11.3 Å². The summed E-state index contributed by atoms with van der Waals surface area (Å²) in [5.41, 5.74) is 0.687. The molecule has 0 bridgehead atoms. The fourth-order valence-electron chi connectivity index (χ4n) is 1.50. The van der Waals surface area contributed by atoms with Crippen LogP contribution in [0.4, 0.5) is 4.39 Å². The zero-order chi connectivity index (χ0) is 11.0. The number of halogens is 1. The quantitative estimate of drug-likeness (QED) is 0.676. The summed E-state index contributed by atoms with van der Waals surface area (Å²) in [7, 11) is 1.26. The van der Waals surface area contributed by atoms with Crippen molar-refractivity contribution in [2.75, 3.05) is 7.11 Å². The van der Waals surface area contributed by atoms with E-state index in [0.717, 1.165) is 0 Å². The van der Waals surface area contributed by atoms with Gasteiger partial charge < -0.3 is 9.15 Å². The van der Waals surface area contributed by atoms with Crippen molar-refractivity contribution in [2.24, 2.45) is 0 Å². The Balaban J connectivity index is 2.75. The third-order valence-electron chi connectivity index (χ3n) is 2.29. The summed E-state index contributed by atoms with van der Waals surface area (Å²) >= 11 is 0. The van der Waals surface area contributed by atoms with E-state index >= 15 is 0 Å². The zero-order valence-corrected chi connectivity index (χ0v) is 8.33. The summed E-state index contributed by atoms with van der Waals surface area (Å²) < 4.78 is 23.0. The molecular weight excluding hydrogens is 199 g/mol. The monoisotopic (exact) mass is 208 g/mol. The molecule has 3 nitrogen and oxygen atoms in total. The van der Waals surface area contributed by atoms with Crippen molar-refractivity contribution >= 4 is 16.9 Å². The van der Waals surface area contributed by atoms with Crippen molar-refractivity contribution in [2.45, 2.75) is 6.92 Å². The first-order valence-corrected chi connectivity index (χ1v) is 4.41. The van der Waals surface area contributed by atoms with Crippen LogP contribution >= 0.6 is 0 Å². The summed E-state index contributed by atoms with van der Waals surface area (Å²) in [5.74, 6) is -1.02. The normalized spacial score (nSPS) is 10.6. The Morgan fingerprint density at radius 1 is 1.47 bits per heavy atom. The Hall–Kier alpha value is -1.84. The largest absolute Gasteiger partial charge is 0.463 e. The maximum Gasteiger partial charge on any atom is 0.374 e. The number of hydrogen-bond acceptors (Lipinski definition) is 3. The molecule has 4 heteroatoms. The number of carbonyl (C=O) groups excluding carboxylic acids is 1. The zero-order valence-electron chi connectivity index (χ0n) is 8.33. The highest BCUT2D eigenvalue weighted by Crippen LogP contribution is 2.27. The molecule has 0 saturated heterocycles. The molecule has 0 radical (unpaired) electrons. The molecule has 2 rings (SSSR count). The summed E-state index contributed by atoms with van der Waals surface area (Å²) in [4.78, 5) is 11.3. The van der Waals surface area contributed by atoms with Crippen LogP contribution in [-0.2, 0) is 4.74 Å². The summed E-state index contributed by atoms with van der Waals surface area (Å²) in [6.07, 6.45) is 0. The minimum absolute atomic E-state index is 0.0533. The molecule has 0 aliphatic carbocycles. The van der Waals surface area contributed by atoms with Crippen molar-refractivity contribution in [3.8, 4) is 0 Å². The van der Waals surface area contributed by atoms with E-state index in [1.165, 1.54) is 13.2 Å². The number of esters is 1. The smallest absolute Gasteiger partial charge is 0.374 e. The van der Waals surface area contributed by atoms with Gasteiger partial charge in [0.25, 0.3) is 0 Å². The first-order valence-electron chi connectivity index (χ1n) is 4.41. The average molecular weight is 208 g/mol. The third-order valence-corrected chi connectivity index (χ3v) is 2.29. The van der Waals surface area contributed by atoms with Crippen LogP contribution in [0.15, 0.2) is 22.6 Å². The van der Waals surface area contributed by atoms with E-state index in [2.05, 4.69) is 4.74 Å². The van der Waals surface area contributed by atoms with Crippen LogP contribution in [0.1, 0.15) is 16.1 Å². The molecular formula is C11H9FO3. The van der Waals surface area contributed by atoms with Gasteiger partial charge in [-0.3, -0.25) is 0 Å². The predicted molar refractivity (Wildman–Crippen MR) is 52.2 cm³/mol. The van der Waals surface area contributed by atoms with Crippen molar-refractivity contribution in [1.82, 2.24) is 0 Å². The molecule has 78 valence electrons. The Morgan fingerprint density at radius 2 is 2.20 bits per heavy atom. The lowest BCUT2D eigenvalue weighted by Gasteiger charge is -1.93. The molecule has 0 spiro atoms. The summed E-state index contributed by atoms with van der Waals surface area (Å²) in [6.45, 7) is 1.69. The van der Waals surface area contributed by atoms with Gasteiger partial charge in [0.15, 0.2) is 11.4 Å². The molecule has 0 fully saturated rings. The fourth-order valence-corrected chi connectivity index (χ4v) is 1.50. The number of benzene rings is 1. The number of hydrogen-bond donors (Lipinski definition) is 0. The number of ether oxygens (including phenoxy) is 1. The van der Waals surface area contributed by atoms with Gasteiger partial charge in [-0.2, -0.15) is 0 Å². The van der Waals surface area contributed by atoms with Crippen LogP contribution in [0.5, 0.6) is 0 Å². The Morgan fingerprint density at radius 3 is 2.80 bits per heavy atom. The van der Waals surface area contributed by atoms with Crippen LogP contribution in [0, 0.1) is 12.7 Å². The van der Waals surface area contributed by atoms with E-state index < -0.39 is 11.8 Å². The van der Waals surface area contributed by atoms with Crippen LogP contribution in [0.2, 0.25) is 0 Å². The van der Waals surface area contributed by atoms with Gasteiger partial charge in [-0.15, -0.1) is 0 Å². The molecule has 0 aliphatic rings.